The summed E-state index contributed by atoms with van der Waals surface area (Å²) in [6.45, 7) is 4.64. The number of alkyl halides is 1. The van der Waals surface area contributed by atoms with Crippen molar-refractivity contribution in [3.8, 4) is 17.6 Å². The van der Waals surface area contributed by atoms with Crippen LogP contribution in [0.5, 0.6) is 11.5 Å². The number of ether oxygens (including phenoxy) is 2. The molecular formula is C24H23Cl2NO4S2. The first-order valence-corrected chi connectivity index (χ1v) is 13.7. The van der Waals surface area contributed by atoms with Crippen LogP contribution in [-0.4, -0.2) is 27.2 Å². The predicted octanol–water partition coefficient (Wildman–Crippen LogP) is 6.20. The van der Waals surface area contributed by atoms with E-state index in [2.05, 4.69) is 6.07 Å². The summed E-state index contributed by atoms with van der Waals surface area (Å²) in [6.07, 6.45) is 1.19. The molecule has 3 aromatic rings. The minimum absolute atomic E-state index is 0.265. The Hall–Kier alpha value is -2.24. The molecule has 0 amide bonds. The van der Waals surface area contributed by atoms with Crippen LogP contribution in [0.25, 0.3) is 0 Å². The van der Waals surface area contributed by atoms with E-state index in [1.54, 1.807) is 17.5 Å². The van der Waals surface area contributed by atoms with Crippen LogP contribution in [0.1, 0.15) is 36.1 Å². The summed E-state index contributed by atoms with van der Waals surface area (Å²) >= 11 is 13.3. The maximum absolute atomic E-state index is 11.6. The van der Waals surface area contributed by atoms with E-state index >= 15 is 0 Å². The van der Waals surface area contributed by atoms with Gasteiger partial charge in [-0.05, 0) is 46.8 Å². The third kappa shape index (κ3) is 6.01. The van der Waals surface area contributed by atoms with E-state index in [0.29, 0.717) is 32.2 Å². The average molecular weight is 524 g/mol. The molecule has 0 N–H and O–H groups in total. The smallest absolute Gasteiger partial charge is 0.184 e. The lowest BCUT2D eigenvalue weighted by molar-refractivity contribution is 0.306. The van der Waals surface area contributed by atoms with Gasteiger partial charge in [-0.25, -0.2) is 8.42 Å². The number of hydrogen-bond acceptors (Lipinski definition) is 6. The monoisotopic (exact) mass is 523 g/mol. The number of nitriles is 1. The van der Waals surface area contributed by atoms with Crippen molar-refractivity contribution in [3.05, 3.63) is 75.1 Å². The highest BCUT2D eigenvalue weighted by molar-refractivity contribution is 7.92. The molecule has 1 heterocycles. The molecule has 0 spiro atoms. The molecule has 5 nitrogen and oxygen atoms in total. The Labute approximate surface area is 208 Å². The van der Waals surface area contributed by atoms with Crippen molar-refractivity contribution in [2.75, 3.05) is 18.7 Å². The molecule has 9 heteroatoms. The van der Waals surface area contributed by atoms with Crippen LogP contribution < -0.4 is 9.47 Å². The van der Waals surface area contributed by atoms with Gasteiger partial charge in [-0.1, -0.05) is 37.6 Å². The zero-order valence-corrected chi connectivity index (χ0v) is 21.5. The Bertz CT molecular complexity index is 1280. The fraction of sp³-hybridized carbons (Fsp3) is 0.292. The lowest BCUT2D eigenvalue weighted by atomic mass is 9.77. The zero-order chi connectivity index (χ0) is 24.2. The van der Waals surface area contributed by atoms with Gasteiger partial charge in [0.1, 0.15) is 29.2 Å². The van der Waals surface area contributed by atoms with Crippen LogP contribution in [0.15, 0.2) is 52.1 Å². The van der Waals surface area contributed by atoms with E-state index < -0.39 is 15.3 Å². The lowest BCUT2D eigenvalue weighted by Crippen LogP contribution is -2.19. The molecule has 1 aromatic heterocycles. The van der Waals surface area contributed by atoms with E-state index in [-0.39, 0.29) is 13.2 Å². The highest BCUT2D eigenvalue weighted by Gasteiger charge is 2.26. The van der Waals surface area contributed by atoms with Crippen molar-refractivity contribution in [1.29, 1.82) is 5.26 Å². The largest absolute Gasteiger partial charge is 0.489 e. The second-order valence-electron chi connectivity index (χ2n) is 7.97. The summed E-state index contributed by atoms with van der Waals surface area (Å²) in [5.41, 5.74) is 2.62. The third-order valence-corrected chi connectivity index (χ3v) is 8.44. The maximum Gasteiger partial charge on any atom is 0.184 e. The van der Waals surface area contributed by atoms with E-state index in [1.165, 1.54) is 17.6 Å². The molecule has 3 rings (SSSR count). The van der Waals surface area contributed by atoms with Gasteiger partial charge in [0.25, 0.3) is 0 Å². The van der Waals surface area contributed by atoms with Crippen molar-refractivity contribution in [2.24, 2.45) is 0 Å². The zero-order valence-electron chi connectivity index (χ0n) is 18.4. The SMILES string of the molecule is CC(C)(c1ccc(OCc2csc(S(C)(=O)=O)c2)cc1)c1cc(Cl)c(OCCCl)c(C#N)c1. The van der Waals surface area contributed by atoms with Crippen LogP contribution in [0.3, 0.4) is 0 Å². The first-order valence-electron chi connectivity index (χ1n) is 10.00. The number of halogens is 2. The number of nitrogens with zero attached hydrogens (tertiary/aromatic N) is 1. The van der Waals surface area contributed by atoms with Crippen molar-refractivity contribution in [3.63, 3.8) is 0 Å². The van der Waals surface area contributed by atoms with Gasteiger partial charge < -0.3 is 9.47 Å². The number of benzene rings is 2. The van der Waals surface area contributed by atoms with Gasteiger partial charge in [0.2, 0.25) is 0 Å². The second kappa shape index (κ2) is 10.4. The highest BCUT2D eigenvalue weighted by atomic mass is 35.5. The van der Waals surface area contributed by atoms with Gasteiger partial charge in [-0.3, -0.25) is 0 Å². The molecule has 0 saturated carbocycles. The molecule has 2 aromatic carbocycles. The minimum atomic E-state index is -3.21. The van der Waals surface area contributed by atoms with E-state index in [9.17, 15) is 13.7 Å². The summed E-state index contributed by atoms with van der Waals surface area (Å²) in [7, 11) is -3.21. The molecule has 0 bridgehead atoms. The molecule has 0 aliphatic carbocycles. The van der Waals surface area contributed by atoms with Gasteiger partial charge >= 0.3 is 0 Å². The molecule has 0 unspecified atom stereocenters. The molecule has 0 radical (unpaired) electrons. The molecule has 0 aliphatic rings. The van der Waals surface area contributed by atoms with Crippen molar-refractivity contribution in [2.45, 2.75) is 30.1 Å². The van der Waals surface area contributed by atoms with Gasteiger partial charge in [-0.15, -0.1) is 22.9 Å². The molecule has 0 atom stereocenters. The van der Waals surface area contributed by atoms with Crippen molar-refractivity contribution >= 4 is 44.4 Å². The normalized spacial score (nSPS) is 11.8. The van der Waals surface area contributed by atoms with Gasteiger partial charge in [0.05, 0.1) is 16.5 Å². The standard InChI is InChI=1S/C24H23Cl2NO4S2/c1-24(2,19-11-17(13-27)23(21(26)12-19)30-9-8-25)18-4-6-20(7-5-18)31-14-16-10-22(32-15-16)33(3,28)29/h4-7,10-12,15H,8-9,14H2,1-3H3. The summed E-state index contributed by atoms with van der Waals surface area (Å²) in [5, 5.41) is 11.7. The Morgan fingerprint density at radius 2 is 1.79 bits per heavy atom. The topological polar surface area (TPSA) is 76.4 Å². The molecule has 0 aliphatic heterocycles. The van der Waals surface area contributed by atoms with Gasteiger partial charge in [0, 0.05) is 17.2 Å². The van der Waals surface area contributed by atoms with Crippen LogP contribution >= 0.6 is 34.5 Å². The Kier molecular flexibility index (Phi) is 7.96. The van der Waals surface area contributed by atoms with E-state index in [4.69, 9.17) is 32.7 Å². The molecule has 0 saturated heterocycles. The van der Waals surface area contributed by atoms with Crippen molar-refractivity contribution in [1.82, 2.24) is 0 Å². The second-order valence-corrected chi connectivity index (χ2v) is 11.9. The fourth-order valence-electron chi connectivity index (χ4n) is 3.25. The predicted molar refractivity (Wildman–Crippen MR) is 133 cm³/mol. The molecule has 0 fully saturated rings. The van der Waals surface area contributed by atoms with E-state index in [0.717, 1.165) is 16.7 Å². The number of hydrogen-bond donors (Lipinski definition) is 0. The summed E-state index contributed by atoms with van der Waals surface area (Å²) < 4.78 is 34.9. The fourth-order valence-corrected chi connectivity index (χ4v) is 5.43. The number of thiophene rings is 1. The summed E-state index contributed by atoms with van der Waals surface area (Å²) in [5.74, 6) is 1.31. The van der Waals surface area contributed by atoms with Crippen molar-refractivity contribution < 1.29 is 17.9 Å². The van der Waals surface area contributed by atoms with Crippen LogP contribution in [0.2, 0.25) is 5.02 Å². The summed E-state index contributed by atoms with van der Waals surface area (Å²) in [4.78, 5) is 0. The summed E-state index contributed by atoms with van der Waals surface area (Å²) in [6, 6.07) is 15.0. The lowest BCUT2D eigenvalue weighted by Gasteiger charge is -2.27. The average Bonchev–Trinajstić information content (AvgIpc) is 3.26. The molecular weight excluding hydrogens is 501 g/mol. The Morgan fingerprint density at radius 3 is 2.36 bits per heavy atom. The van der Waals surface area contributed by atoms with Gasteiger partial charge in [0.15, 0.2) is 15.6 Å². The maximum atomic E-state index is 11.6. The quantitative estimate of drug-likeness (QED) is 0.312. The molecule has 174 valence electrons. The van der Waals surface area contributed by atoms with Crippen LogP contribution in [0.4, 0.5) is 0 Å². The Balaban J connectivity index is 1.77. The van der Waals surface area contributed by atoms with E-state index in [1.807, 2.05) is 44.2 Å². The van der Waals surface area contributed by atoms with Crippen LogP contribution in [-0.2, 0) is 21.9 Å². The first-order chi connectivity index (χ1) is 15.6. The number of rotatable bonds is 9. The third-order valence-electron chi connectivity index (χ3n) is 5.19. The first kappa shape index (κ1) is 25.4. The Morgan fingerprint density at radius 1 is 1.09 bits per heavy atom. The van der Waals surface area contributed by atoms with Gasteiger partial charge in [-0.2, -0.15) is 5.26 Å². The molecule has 33 heavy (non-hydrogen) atoms. The minimum Gasteiger partial charge on any atom is -0.489 e. The van der Waals surface area contributed by atoms with Crippen LogP contribution in [0, 0.1) is 11.3 Å². The number of sulfone groups is 1. The highest BCUT2D eigenvalue weighted by Crippen LogP contribution is 2.38.